The van der Waals surface area contributed by atoms with Crippen LogP contribution < -0.4 is 10.6 Å². The third-order valence-corrected chi connectivity index (χ3v) is 4.29. The molecule has 6 heteroatoms. The number of rotatable bonds is 9. The van der Waals surface area contributed by atoms with Gasteiger partial charge >= 0.3 is 0 Å². The average molecular weight is 438 g/mol. The minimum absolute atomic E-state index is 0. The molecule has 128 valence electrons. The number of guanidine groups is 1. The lowest BCUT2D eigenvalue weighted by molar-refractivity contribution is 0.268. The van der Waals surface area contributed by atoms with Crippen LogP contribution in [0.4, 0.5) is 0 Å². The van der Waals surface area contributed by atoms with E-state index in [2.05, 4.69) is 65.9 Å². The van der Waals surface area contributed by atoms with E-state index in [4.69, 9.17) is 0 Å². The van der Waals surface area contributed by atoms with Gasteiger partial charge in [0.15, 0.2) is 5.96 Å². The molecule has 0 unspecified atom stereocenters. The Bertz CT molecular complexity index is 393. The first-order valence-corrected chi connectivity index (χ1v) is 8.76. The minimum Gasteiger partial charge on any atom is -0.357 e. The van der Waals surface area contributed by atoms with Gasteiger partial charge in [-0.15, -0.1) is 35.3 Å². The fourth-order valence-corrected chi connectivity index (χ4v) is 2.48. The zero-order valence-electron chi connectivity index (χ0n) is 14.3. The number of hydrogen-bond donors (Lipinski definition) is 2. The Morgan fingerprint density at radius 1 is 1.32 bits per heavy atom. The zero-order chi connectivity index (χ0) is 15.5. The molecule has 1 aromatic rings. The molecular formula is C16H31IN4S. The highest BCUT2D eigenvalue weighted by molar-refractivity contribution is 14.0. The number of thiophene rings is 1. The first-order chi connectivity index (χ1) is 10.1. The van der Waals surface area contributed by atoms with Gasteiger partial charge in [0.25, 0.3) is 0 Å². The summed E-state index contributed by atoms with van der Waals surface area (Å²) in [7, 11) is 2.19. The third kappa shape index (κ3) is 9.63. The van der Waals surface area contributed by atoms with Gasteiger partial charge in [-0.05, 0) is 58.7 Å². The van der Waals surface area contributed by atoms with Crippen molar-refractivity contribution in [3.8, 4) is 0 Å². The van der Waals surface area contributed by atoms with Crippen LogP contribution in [0.3, 0.4) is 0 Å². The van der Waals surface area contributed by atoms with Crippen molar-refractivity contribution in [2.24, 2.45) is 4.99 Å². The van der Waals surface area contributed by atoms with Crippen LogP contribution in [-0.2, 0) is 6.54 Å². The lowest BCUT2D eigenvalue weighted by Crippen LogP contribution is -2.38. The summed E-state index contributed by atoms with van der Waals surface area (Å²) in [5.74, 6) is 0.920. The van der Waals surface area contributed by atoms with E-state index in [1.54, 1.807) is 11.3 Å². The van der Waals surface area contributed by atoms with Crippen molar-refractivity contribution >= 4 is 41.3 Å². The number of aliphatic imine (C=N–C) groups is 1. The van der Waals surface area contributed by atoms with Gasteiger partial charge in [-0.2, -0.15) is 0 Å². The van der Waals surface area contributed by atoms with E-state index in [0.29, 0.717) is 6.04 Å². The second kappa shape index (κ2) is 13.1. The largest absolute Gasteiger partial charge is 0.357 e. The van der Waals surface area contributed by atoms with E-state index in [1.807, 2.05) is 0 Å². The van der Waals surface area contributed by atoms with Gasteiger partial charge in [0.05, 0.1) is 6.54 Å². The molecule has 0 radical (unpaired) electrons. The molecular weight excluding hydrogens is 407 g/mol. The maximum absolute atomic E-state index is 4.61. The van der Waals surface area contributed by atoms with E-state index in [1.165, 1.54) is 17.7 Å². The van der Waals surface area contributed by atoms with Crippen LogP contribution >= 0.6 is 35.3 Å². The van der Waals surface area contributed by atoms with Crippen LogP contribution in [0.15, 0.2) is 22.5 Å². The smallest absolute Gasteiger partial charge is 0.191 e. The number of unbranched alkanes of at least 4 members (excludes halogenated alkanes) is 1. The van der Waals surface area contributed by atoms with Crippen molar-refractivity contribution in [2.45, 2.75) is 46.2 Å². The standard InChI is InChI=1S/C16H30N4S.HI/c1-5-17-16(19-13-15-9-8-12-21-15)18-10-6-7-11-20(4)14(2)3;/h8-9,12,14H,5-7,10-11,13H2,1-4H3,(H2,17,18,19);1H. The number of hydrogen-bond acceptors (Lipinski definition) is 3. The Balaban J connectivity index is 0.00000441. The minimum atomic E-state index is 0. The molecule has 0 aliphatic heterocycles. The molecule has 1 rings (SSSR count). The van der Waals surface area contributed by atoms with Crippen molar-refractivity contribution in [2.75, 3.05) is 26.7 Å². The van der Waals surface area contributed by atoms with Crippen molar-refractivity contribution in [1.82, 2.24) is 15.5 Å². The summed E-state index contributed by atoms with van der Waals surface area (Å²) < 4.78 is 0. The van der Waals surface area contributed by atoms with E-state index in [-0.39, 0.29) is 24.0 Å². The number of halogens is 1. The third-order valence-electron chi connectivity index (χ3n) is 3.43. The highest BCUT2D eigenvalue weighted by Gasteiger charge is 2.02. The fraction of sp³-hybridized carbons (Fsp3) is 0.688. The van der Waals surface area contributed by atoms with Crippen molar-refractivity contribution in [1.29, 1.82) is 0 Å². The molecule has 0 bridgehead atoms. The van der Waals surface area contributed by atoms with Crippen LogP contribution in [0.5, 0.6) is 0 Å². The topological polar surface area (TPSA) is 39.7 Å². The molecule has 22 heavy (non-hydrogen) atoms. The van der Waals surface area contributed by atoms with Gasteiger partial charge in [0, 0.05) is 24.0 Å². The van der Waals surface area contributed by atoms with Crippen LogP contribution in [0, 0.1) is 0 Å². The molecule has 0 fully saturated rings. The fourth-order valence-electron chi connectivity index (χ4n) is 1.85. The molecule has 0 spiro atoms. The maximum Gasteiger partial charge on any atom is 0.191 e. The molecule has 4 nitrogen and oxygen atoms in total. The second-order valence-electron chi connectivity index (χ2n) is 5.48. The average Bonchev–Trinajstić information content (AvgIpc) is 2.97. The Morgan fingerprint density at radius 2 is 2.09 bits per heavy atom. The zero-order valence-corrected chi connectivity index (χ0v) is 17.4. The summed E-state index contributed by atoms with van der Waals surface area (Å²) in [4.78, 5) is 8.29. The highest BCUT2D eigenvalue weighted by Crippen LogP contribution is 2.09. The van der Waals surface area contributed by atoms with Gasteiger partial charge in [0.1, 0.15) is 0 Å². The molecule has 1 aromatic heterocycles. The molecule has 1 heterocycles. The summed E-state index contributed by atoms with van der Waals surface area (Å²) >= 11 is 1.75. The number of nitrogens with one attached hydrogen (secondary N) is 2. The Labute approximate surface area is 156 Å². The van der Waals surface area contributed by atoms with Crippen LogP contribution in [0.1, 0.15) is 38.5 Å². The lowest BCUT2D eigenvalue weighted by atomic mass is 10.2. The predicted molar refractivity (Wildman–Crippen MR) is 110 cm³/mol. The monoisotopic (exact) mass is 438 g/mol. The second-order valence-corrected chi connectivity index (χ2v) is 6.52. The quantitative estimate of drug-likeness (QED) is 0.268. The Morgan fingerprint density at radius 3 is 2.68 bits per heavy atom. The van der Waals surface area contributed by atoms with Crippen LogP contribution in [-0.4, -0.2) is 43.6 Å². The van der Waals surface area contributed by atoms with Crippen LogP contribution in [0.25, 0.3) is 0 Å². The predicted octanol–water partition coefficient (Wildman–Crippen LogP) is 3.54. The van der Waals surface area contributed by atoms with E-state index in [9.17, 15) is 0 Å². The lowest BCUT2D eigenvalue weighted by Gasteiger charge is -2.20. The molecule has 0 saturated carbocycles. The van der Waals surface area contributed by atoms with Gasteiger partial charge in [-0.1, -0.05) is 6.07 Å². The molecule has 0 atom stereocenters. The maximum atomic E-state index is 4.61. The Hall–Kier alpha value is -0.340. The molecule has 0 amide bonds. The van der Waals surface area contributed by atoms with E-state index < -0.39 is 0 Å². The summed E-state index contributed by atoms with van der Waals surface area (Å²) in [6.45, 7) is 10.3. The normalized spacial score (nSPS) is 11.6. The summed E-state index contributed by atoms with van der Waals surface area (Å²) in [6, 6.07) is 4.82. The van der Waals surface area contributed by atoms with Gasteiger partial charge < -0.3 is 15.5 Å². The molecule has 0 aliphatic rings. The van der Waals surface area contributed by atoms with E-state index >= 15 is 0 Å². The van der Waals surface area contributed by atoms with E-state index in [0.717, 1.165) is 32.1 Å². The van der Waals surface area contributed by atoms with Crippen LogP contribution in [0.2, 0.25) is 0 Å². The first kappa shape index (κ1) is 21.7. The van der Waals surface area contributed by atoms with Crippen molar-refractivity contribution in [3.63, 3.8) is 0 Å². The molecule has 0 aromatic carbocycles. The van der Waals surface area contributed by atoms with Gasteiger partial charge in [-0.25, -0.2) is 4.99 Å². The molecule has 2 N–H and O–H groups in total. The SMILES string of the molecule is CCNC(=NCc1cccs1)NCCCCN(C)C(C)C.I. The summed E-state index contributed by atoms with van der Waals surface area (Å²) in [6.07, 6.45) is 2.38. The summed E-state index contributed by atoms with van der Waals surface area (Å²) in [5, 5.41) is 8.80. The highest BCUT2D eigenvalue weighted by atomic mass is 127. The number of nitrogens with zero attached hydrogens (tertiary/aromatic N) is 2. The summed E-state index contributed by atoms with van der Waals surface area (Å²) in [5.41, 5.74) is 0. The molecule has 0 aliphatic carbocycles. The van der Waals surface area contributed by atoms with Crippen molar-refractivity contribution in [3.05, 3.63) is 22.4 Å². The van der Waals surface area contributed by atoms with Gasteiger partial charge in [-0.3, -0.25) is 0 Å². The first-order valence-electron chi connectivity index (χ1n) is 7.88. The van der Waals surface area contributed by atoms with Crippen molar-refractivity contribution < 1.29 is 0 Å². The van der Waals surface area contributed by atoms with Gasteiger partial charge in [0.2, 0.25) is 0 Å². The molecule has 0 saturated heterocycles. The Kier molecular flexibility index (Phi) is 12.9.